The zero-order valence-corrected chi connectivity index (χ0v) is 9.74. The van der Waals surface area contributed by atoms with E-state index in [4.69, 9.17) is 5.73 Å². The average Bonchev–Trinajstić information content (AvgIpc) is 2.99. The summed E-state index contributed by atoms with van der Waals surface area (Å²) in [7, 11) is 0. The van der Waals surface area contributed by atoms with Gasteiger partial charge in [-0.05, 0) is 12.8 Å². The summed E-state index contributed by atoms with van der Waals surface area (Å²) in [4.78, 5) is 2.14. The predicted molar refractivity (Wildman–Crippen MR) is 56.5 cm³/mol. The molecule has 5 nitrogen and oxygen atoms in total. The fourth-order valence-corrected chi connectivity index (χ4v) is 2.57. The maximum absolute atomic E-state index is 12.7. The Morgan fingerprint density at radius 3 is 2.50 bits per heavy atom. The van der Waals surface area contributed by atoms with Gasteiger partial charge in [-0.25, -0.2) is 0 Å². The number of nitrogens with two attached hydrogens (primary N) is 1. The highest BCUT2D eigenvalue weighted by Gasteiger charge is 2.48. The van der Waals surface area contributed by atoms with Gasteiger partial charge < -0.3 is 10.3 Å². The maximum atomic E-state index is 12.7. The topological polar surface area (TPSA) is 60.0 Å². The van der Waals surface area contributed by atoms with Crippen LogP contribution in [-0.2, 0) is 19.3 Å². The summed E-state index contributed by atoms with van der Waals surface area (Å²) in [6.07, 6.45) is -2.40. The molecule has 0 amide bonds. The van der Waals surface area contributed by atoms with Crippen molar-refractivity contribution in [3.8, 4) is 0 Å². The van der Waals surface area contributed by atoms with Crippen LogP contribution in [-0.4, -0.2) is 38.3 Å². The first-order valence-electron chi connectivity index (χ1n) is 5.91. The normalized spacial score (nSPS) is 22.9. The van der Waals surface area contributed by atoms with E-state index < -0.39 is 12.0 Å². The summed E-state index contributed by atoms with van der Waals surface area (Å²) in [5.74, 6) is -0.511. The van der Waals surface area contributed by atoms with Gasteiger partial charge >= 0.3 is 6.18 Å². The summed E-state index contributed by atoms with van der Waals surface area (Å²) in [5.41, 5.74) is 5.73. The molecule has 2 heterocycles. The lowest BCUT2D eigenvalue weighted by molar-refractivity contribution is -0.148. The van der Waals surface area contributed by atoms with Gasteiger partial charge in [0.2, 0.25) is 5.82 Å². The summed E-state index contributed by atoms with van der Waals surface area (Å²) < 4.78 is 39.2. The van der Waals surface area contributed by atoms with Gasteiger partial charge in [-0.1, -0.05) is 0 Å². The highest BCUT2D eigenvalue weighted by atomic mass is 19.4. The number of aromatic nitrogens is 3. The number of hydrogen-bond acceptors (Lipinski definition) is 4. The van der Waals surface area contributed by atoms with E-state index >= 15 is 0 Å². The van der Waals surface area contributed by atoms with Crippen molar-refractivity contribution >= 4 is 0 Å². The van der Waals surface area contributed by atoms with Crippen molar-refractivity contribution in [1.29, 1.82) is 0 Å². The Morgan fingerprint density at radius 2 is 1.94 bits per heavy atom. The van der Waals surface area contributed by atoms with Gasteiger partial charge in [0, 0.05) is 25.2 Å². The van der Waals surface area contributed by atoms with Crippen LogP contribution in [0.5, 0.6) is 0 Å². The van der Waals surface area contributed by atoms with Crippen molar-refractivity contribution in [2.45, 2.75) is 37.6 Å². The van der Waals surface area contributed by atoms with Gasteiger partial charge in [-0.15, -0.1) is 10.2 Å². The summed E-state index contributed by atoms with van der Waals surface area (Å²) in [6, 6.07) is 0. The molecule has 0 saturated heterocycles. The van der Waals surface area contributed by atoms with Crippen molar-refractivity contribution in [2.75, 3.05) is 13.1 Å². The molecule has 0 aromatic carbocycles. The van der Waals surface area contributed by atoms with Crippen molar-refractivity contribution in [1.82, 2.24) is 19.7 Å². The Labute approximate surface area is 102 Å². The molecule has 3 rings (SSSR count). The van der Waals surface area contributed by atoms with Crippen LogP contribution in [0.3, 0.4) is 0 Å². The number of halogens is 3. The average molecular weight is 261 g/mol. The minimum absolute atomic E-state index is 0.00437. The van der Waals surface area contributed by atoms with Gasteiger partial charge in [0.25, 0.3) is 0 Å². The van der Waals surface area contributed by atoms with E-state index in [1.165, 1.54) is 4.57 Å². The highest BCUT2D eigenvalue weighted by Crippen LogP contribution is 2.42. The first kappa shape index (κ1) is 11.9. The number of alkyl halides is 3. The maximum Gasteiger partial charge on any atom is 0.451 e. The molecular weight excluding hydrogens is 247 g/mol. The van der Waals surface area contributed by atoms with Crippen LogP contribution in [0.2, 0.25) is 0 Å². The van der Waals surface area contributed by atoms with Crippen LogP contribution in [0, 0.1) is 0 Å². The molecule has 2 aliphatic rings. The molecular formula is C10H14F3N5. The van der Waals surface area contributed by atoms with E-state index in [1.54, 1.807) is 0 Å². The molecule has 18 heavy (non-hydrogen) atoms. The van der Waals surface area contributed by atoms with Crippen molar-refractivity contribution in [3.63, 3.8) is 0 Å². The van der Waals surface area contributed by atoms with Gasteiger partial charge in [0.1, 0.15) is 5.82 Å². The fourth-order valence-electron chi connectivity index (χ4n) is 2.57. The number of fused-ring (bicyclic) bond motifs is 1. The molecule has 0 bridgehead atoms. The third-order valence-corrected chi connectivity index (χ3v) is 3.88. The van der Waals surface area contributed by atoms with E-state index in [0.29, 0.717) is 25.5 Å². The smallest absolute Gasteiger partial charge is 0.329 e. The van der Waals surface area contributed by atoms with Gasteiger partial charge in [0.05, 0.1) is 6.54 Å². The van der Waals surface area contributed by atoms with E-state index in [9.17, 15) is 13.2 Å². The molecule has 0 atom stereocenters. The monoisotopic (exact) mass is 261 g/mol. The Morgan fingerprint density at radius 1 is 1.22 bits per heavy atom. The standard InChI is InChI=1S/C10H14F3N5/c11-10(12,13)8-16-15-7-5-17(3-4-18(7)8)9(6-14)1-2-9/h1-6,14H2. The first-order valence-corrected chi connectivity index (χ1v) is 5.91. The predicted octanol–water partition coefficient (Wildman–Crippen LogP) is 0.604. The van der Waals surface area contributed by atoms with Crippen LogP contribution < -0.4 is 5.73 Å². The largest absolute Gasteiger partial charge is 0.451 e. The third kappa shape index (κ3) is 1.71. The van der Waals surface area contributed by atoms with Crippen LogP contribution >= 0.6 is 0 Å². The molecule has 1 saturated carbocycles. The Hall–Kier alpha value is -1.15. The molecule has 2 N–H and O–H groups in total. The van der Waals surface area contributed by atoms with Crippen LogP contribution in [0.1, 0.15) is 24.5 Å². The van der Waals surface area contributed by atoms with E-state index in [-0.39, 0.29) is 12.1 Å². The van der Waals surface area contributed by atoms with Crippen molar-refractivity contribution in [3.05, 3.63) is 11.6 Å². The molecule has 0 unspecified atom stereocenters. The SMILES string of the molecule is NCC1(N2CCn3c(nnc3C(F)(F)F)C2)CC1. The van der Waals surface area contributed by atoms with Gasteiger partial charge in [-0.3, -0.25) is 4.90 Å². The lowest BCUT2D eigenvalue weighted by atomic mass is 10.2. The highest BCUT2D eigenvalue weighted by molar-refractivity contribution is 5.09. The lowest BCUT2D eigenvalue weighted by Crippen LogP contribution is -2.47. The van der Waals surface area contributed by atoms with Crippen LogP contribution in [0.25, 0.3) is 0 Å². The van der Waals surface area contributed by atoms with Crippen LogP contribution in [0.15, 0.2) is 0 Å². The second-order valence-electron chi connectivity index (χ2n) is 4.94. The molecule has 1 aromatic rings. The third-order valence-electron chi connectivity index (χ3n) is 3.88. The minimum atomic E-state index is -4.43. The number of rotatable bonds is 2. The van der Waals surface area contributed by atoms with E-state index in [2.05, 4.69) is 15.1 Å². The molecule has 100 valence electrons. The second kappa shape index (κ2) is 3.67. The zero-order chi connectivity index (χ0) is 13.0. The molecule has 0 radical (unpaired) electrons. The molecule has 1 aromatic heterocycles. The Bertz CT molecular complexity index is 463. The number of nitrogens with zero attached hydrogens (tertiary/aromatic N) is 4. The van der Waals surface area contributed by atoms with Gasteiger partial charge in [-0.2, -0.15) is 13.2 Å². The Kier molecular flexibility index (Phi) is 2.43. The summed E-state index contributed by atoms with van der Waals surface area (Å²) in [6.45, 7) is 1.80. The minimum Gasteiger partial charge on any atom is -0.329 e. The number of hydrogen-bond donors (Lipinski definition) is 1. The fraction of sp³-hybridized carbons (Fsp3) is 0.800. The summed E-state index contributed by atoms with van der Waals surface area (Å²) >= 11 is 0. The summed E-state index contributed by atoms with van der Waals surface area (Å²) in [5, 5.41) is 6.92. The quantitative estimate of drug-likeness (QED) is 0.847. The van der Waals surface area contributed by atoms with Crippen LogP contribution in [0.4, 0.5) is 13.2 Å². The molecule has 1 aliphatic heterocycles. The van der Waals surface area contributed by atoms with E-state index in [1.807, 2.05) is 0 Å². The zero-order valence-electron chi connectivity index (χ0n) is 9.74. The van der Waals surface area contributed by atoms with Gasteiger partial charge in [0.15, 0.2) is 0 Å². The van der Waals surface area contributed by atoms with Crippen molar-refractivity contribution < 1.29 is 13.2 Å². The second-order valence-corrected chi connectivity index (χ2v) is 4.94. The molecule has 0 spiro atoms. The van der Waals surface area contributed by atoms with Crippen molar-refractivity contribution in [2.24, 2.45) is 5.73 Å². The molecule has 8 heteroatoms. The molecule has 1 aliphatic carbocycles. The molecule has 1 fully saturated rings. The lowest BCUT2D eigenvalue weighted by Gasteiger charge is -2.34. The Balaban J connectivity index is 1.85. The van der Waals surface area contributed by atoms with E-state index in [0.717, 1.165) is 12.8 Å². The first-order chi connectivity index (χ1) is 8.46.